The molecule has 0 bridgehead atoms. The van der Waals surface area contributed by atoms with Crippen LogP contribution >= 0.6 is 11.3 Å². The number of ether oxygens (including phenoxy) is 1. The average Bonchev–Trinajstić information content (AvgIpc) is 2.74. The number of carbonyl (C=O) groups is 1. The lowest BCUT2D eigenvalue weighted by atomic mass is 10.5. The number of nitrogens with one attached hydrogen (secondary N) is 2. The van der Waals surface area contributed by atoms with Crippen molar-refractivity contribution in [3.05, 3.63) is 16.6 Å². The minimum atomic E-state index is -0.0143. The summed E-state index contributed by atoms with van der Waals surface area (Å²) in [4.78, 5) is 16.2. The molecule has 15 heavy (non-hydrogen) atoms. The number of amides is 1. The Morgan fingerprint density at radius 2 is 2.53 bits per heavy atom. The highest BCUT2D eigenvalue weighted by Gasteiger charge is 2.00. The molecule has 1 aromatic heterocycles. The molecule has 0 aliphatic heterocycles. The van der Waals surface area contributed by atoms with Gasteiger partial charge in [0.2, 0.25) is 5.91 Å². The maximum Gasteiger partial charge on any atom is 0.234 e. The zero-order valence-corrected chi connectivity index (χ0v) is 9.47. The summed E-state index contributed by atoms with van der Waals surface area (Å²) >= 11 is 1.53. The zero-order valence-electron chi connectivity index (χ0n) is 8.66. The van der Waals surface area contributed by atoms with Gasteiger partial charge in [0, 0.05) is 24.7 Å². The number of carbonyl (C=O) groups excluding carboxylic acids is 1. The molecule has 1 heterocycles. The van der Waals surface area contributed by atoms with E-state index in [-0.39, 0.29) is 5.91 Å². The van der Waals surface area contributed by atoms with Crippen LogP contribution in [-0.2, 0) is 16.1 Å². The van der Waals surface area contributed by atoms with Gasteiger partial charge in [0.25, 0.3) is 0 Å². The third kappa shape index (κ3) is 5.46. The number of methoxy groups -OCH3 is 1. The maximum absolute atomic E-state index is 11.3. The monoisotopic (exact) mass is 229 g/mol. The number of aromatic nitrogens is 1. The number of thiazole rings is 1. The average molecular weight is 229 g/mol. The summed E-state index contributed by atoms with van der Waals surface area (Å²) in [6.07, 6.45) is 1.75. The molecular formula is C9H15N3O2S. The molecule has 0 unspecified atom stereocenters. The highest BCUT2D eigenvalue weighted by molar-refractivity contribution is 7.09. The van der Waals surface area contributed by atoms with E-state index >= 15 is 0 Å². The fraction of sp³-hybridized carbons (Fsp3) is 0.556. The van der Waals surface area contributed by atoms with E-state index in [0.717, 1.165) is 4.88 Å². The largest absolute Gasteiger partial charge is 0.383 e. The van der Waals surface area contributed by atoms with Gasteiger partial charge >= 0.3 is 0 Å². The molecule has 0 saturated heterocycles. The lowest BCUT2D eigenvalue weighted by Crippen LogP contribution is -2.34. The van der Waals surface area contributed by atoms with Crippen molar-refractivity contribution in [2.45, 2.75) is 6.54 Å². The summed E-state index contributed by atoms with van der Waals surface area (Å²) in [5.74, 6) is -0.0143. The quantitative estimate of drug-likeness (QED) is 0.646. The Kier molecular flexibility index (Phi) is 5.91. The van der Waals surface area contributed by atoms with Gasteiger partial charge in [-0.1, -0.05) is 0 Å². The van der Waals surface area contributed by atoms with Gasteiger partial charge in [-0.05, 0) is 0 Å². The minimum Gasteiger partial charge on any atom is -0.383 e. The fourth-order valence-electron chi connectivity index (χ4n) is 0.954. The van der Waals surface area contributed by atoms with Crippen molar-refractivity contribution in [2.24, 2.45) is 0 Å². The number of nitrogens with zero attached hydrogens (tertiary/aromatic N) is 1. The van der Waals surface area contributed by atoms with Crippen LogP contribution in [0.4, 0.5) is 0 Å². The summed E-state index contributed by atoms with van der Waals surface area (Å²) in [7, 11) is 1.63. The van der Waals surface area contributed by atoms with Crippen LogP contribution in [0.2, 0.25) is 0 Å². The smallest absolute Gasteiger partial charge is 0.234 e. The summed E-state index contributed by atoms with van der Waals surface area (Å²) in [5, 5.41) is 5.76. The molecule has 0 spiro atoms. The predicted molar refractivity (Wildman–Crippen MR) is 58.7 cm³/mol. The number of rotatable bonds is 7. The first-order valence-corrected chi connectivity index (χ1v) is 5.54. The molecule has 6 heteroatoms. The van der Waals surface area contributed by atoms with E-state index in [1.165, 1.54) is 11.3 Å². The summed E-state index contributed by atoms with van der Waals surface area (Å²) in [6, 6.07) is 0. The lowest BCUT2D eigenvalue weighted by Gasteiger charge is -2.04. The molecule has 0 atom stereocenters. The second-order valence-corrected chi connectivity index (χ2v) is 3.88. The van der Waals surface area contributed by atoms with E-state index in [1.54, 1.807) is 18.8 Å². The SMILES string of the molecule is COCCNCC(=O)NCc1cncs1. The van der Waals surface area contributed by atoms with Gasteiger partial charge in [-0.15, -0.1) is 11.3 Å². The first kappa shape index (κ1) is 12.1. The van der Waals surface area contributed by atoms with E-state index in [0.29, 0.717) is 26.2 Å². The molecule has 2 N–H and O–H groups in total. The van der Waals surface area contributed by atoms with Gasteiger partial charge in [0.05, 0.1) is 25.2 Å². The van der Waals surface area contributed by atoms with Gasteiger partial charge in [0.15, 0.2) is 0 Å². The molecule has 1 aromatic rings. The molecule has 0 aromatic carbocycles. The molecule has 0 fully saturated rings. The highest BCUT2D eigenvalue weighted by Crippen LogP contribution is 2.03. The summed E-state index contributed by atoms with van der Waals surface area (Å²) < 4.78 is 4.84. The van der Waals surface area contributed by atoms with Gasteiger partial charge in [-0.25, -0.2) is 0 Å². The molecule has 1 rings (SSSR count). The highest BCUT2D eigenvalue weighted by atomic mass is 32.1. The first-order valence-electron chi connectivity index (χ1n) is 4.66. The fourth-order valence-corrected chi connectivity index (χ4v) is 1.49. The molecule has 0 aliphatic rings. The Morgan fingerprint density at radius 1 is 1.67 bits per heavy atom. The van der Waals surface area contributed by atoms with Crippen LogP contribution in [-0.4, -0.2) is 37.7 Å². The molecule has 0 radical (unpaired) electrons. The first-order chi connectivity index (χ1) is 7.33. The van der Waals surface area contributed by atoms with Crippen molar-refractivity contribution in [1.82, 2.24) is 15.6 Å². The minimum absolute atomic E-state index is 0.0143. The van der Waals surface area contributed by atoms with Gasteiger partial charge in [-0.3, -0.25) is 9.78 Å². The van der Waals surface area contributed by atoms with Crippen molar-refractivity contribution in [1.29, 1.82) is 0 Å². The van der Waals surface area contributed by atoms with Crippen LogP contribution in [0, 0.1) is 0 Å². The molecule has 1 amide bonds. The van der Waals surface area contributed by atoms with Crippen LogP contribution in [0.15, 0.2) is 11.7 Å². The van der Waals surface area contributed by atoms with Gasteiger partial charge < -0.3 is 15.4 Å². The number of hydrogen-bond donors (Lipinski definition) is 2. The van der Waals surface area contributed by atoms with E-state index in [2.05, 4.69) is 15.6 Å². The van der Waals surface area contributed by atoms with E-state index in [9.17, 15) is 4.79 Å². The van der Waals surface area contributed by atoms with E-state index in [1.807, 2.05) is 0 Å². The van der Waals surface area contributed by atoms with Gasteiger partial charge in [0.1, 0.15) is 0 Å². The second kappa shape index (κ2) is 7.33. The third-order valence-electron chi connectivity index (χ3n) is 1.71. The molecule has 0 saturated carbocycles. The maximum atomic E-state index is 11.3. The molecular weight excluding hydrogens is 214 g/mol. The Balaban J connectivity index is 2.04. The van der Waals surface area contributed by atoms with Crippen molar-refractivity contribution in [3.63, 3.8) is 0 Å². The van der Waals surface area contributed by atoms with Crippen LogP contribution in [0.3, 0.4) is 0 Å². The topological polar surface area (TPSA) is 63.2 Å². The van der Waals surface area contributed by atoms with Crippen molar-refractivity contribution in [2.75, 3.05) is 26.8 Å². The second-order valence-electron chi connectivity index (χ2n) is 2.91. The Morgan fingerprint density at radius 3 is 3.20 bits per heavy atom. The van der Waals surface area contributed by atoms with Crippen LogP contribution in [0.1, 0.15) is 4.88 Å². The van der Waals surface area contributed by atoms with E-state index in [4.69, 9.17) is 4.74 Å². The predicted octanol–water partition coefficient (Wildman–Crippen LogP) is -0.00470. The number of hydrogen-bond acceptors (Lipinski definition) is 5. The lowest BCUT2D eigenvalue weighted by molar-refractivity contribution is -0.120. The Labute approximate surface area is 92.9 Å². The zero-order chi connectivity index (χ0) is 10.9. The molecule has 84 valence electrons. The molecule has 0 aliphatic carbocycles. The third-order valence-corrected chi connectivity index (χ3v) is 2.49. The van der Waals surface area contributed by atoms with Crippen LogP contribution in [0.5, 0.6) is 0 Å². The van der Waals surface area contributed by atoms with Crippen molar-refractivity contribution >= 4 is 17.2 Å². The van der Waals surface area contributed by atoms with Crippen LogP contribution in [0.25, 0.3) is 0 Å². The molecule has 5 nitrogen and oxygen atoms in total. The van der Waals surface area contributed by atoms with Crippen molar-refractivity contribution in [3.8, 4) is 0 Å². The van der Waals surface area contributed by atoms with E-state index < -0.39 is 0 Å². The van der Waals surface area contributed by atoms with Crippen LogP contribution < -0.4 is 10.6 Å². The van der Waals surface area contributed by atoms with Gasteiger partial charge in [-0.2, -0.15) is 0 Å². The Hall–Kier alpha value is -0.980. The standard InChI is InChI=1S/C9H15N3O2S/c1-14-3-2-10-6-9(13)12-5-8-4-11-7-15-8/h4,7,10H,2-3,5-6H2,1H3,(H,12,13). The summed E-state index contributed by atoms with van der Waals surface area (Å²) in [6.45, 7) is 2.17. The summed E-state index contributed by atoms with van der Waals surface area (Å²) in [5.41, 5.74) is 1.75. The normalized spacial score (nSPS) is 10.2. The van der Waals surface area contributed by atoms with Crippen molar-refractivity contribution < 1.29 is 9.53 Å². The Bertz CT molecular complexity index is 277.